The van der Waals surface area contributed by atoms with Gasteiger partial charge in [0.2, 0.25) is 0 Å². The zero-order valence-corrected chi connectivity index (χ0v) is 18.2. The maximum Gasteiger partial charge on any atom is 0.307 e. The predicted molar refractivity (Wildman–Crippen MR) is 122 cm³/mol. The molecule has 9 heteroatoms. The van der Waals surface area contributed by atoms with Crippen LogP contribution in [0.2, 0.25) is 0 Å². The summed E-state index contributed by atoms with van der Waals surface area (Å²) in [6.07, 6.45) is 0. The van der Waals surface area contributed by atoms with Gasteiger partial charge in [-0.1, -0.05) is 53.8 Å². The fourth-order valence-electron chi connectivity index (χ4n) is 3.13. The molecule has 4 rings (SSSR count). The maximum atomic E-state index is 13.0. The standard InChI is InChI=1S/C22H19N3O4S2/c1-25-19-12-11-16(13-20(19)30-22(25)27)31(28,29)24-18-10-6-5-9-17(18)21(26)23-14-15-7-3-2-4-8-15/h2-13,24H,14H2,1H3,(H,23,26). The number of carbonyl (C=O) groups is 1. The van der Waals surface area contributed by atoms with Gasteiger partial charge in [-0.3, -0.25) is 14.3 Å². The second kappa shape index (κ2) is 8.37. The largest absolute Gasteiger partial charge is 0.348 e. The first kappa shape index (κ1) is 20.8. The molecule has 0 atom stereocenters. The monoisotopic (exact) mass is 453 g/mol. The third kappa shape index (κ3) is 4.37. The highest BCUT2D eigenvalue weighted by molar-refractivity contribution is 7.92. The van der Waals surface area contributed by atoms with E-state index in [1.165, 1.54) is 22.8 Å². The van der Waals surface area contributed by atoms with Crippen LogP contribution in [0.4, 0.5) is 5.69 Å². The van der Waals surface area contributed by atoms with Gasteiger partial charge in [0.15, 0.2) is 0 Å². The van der Waals surface area contributed by atoms with Crippen LogP contribution in [0.1, 0.15) is 15.9 Å². The number of amides is 1. The summed E-state index contributed by atoms with van der Waals surface area (Å²) in [6, 6.07) is 20.3. The van der Waals surface area contributed by atoms with Crippen molar-refractivity contribution in [1.29, 1.82) is 0 Å². The van der Waals surface area contributed by atoms with Crippen molar-refractivity contribution in [2.24, 2.45) is 7.05 Å². The normalized spacial score (nSPS) is 11.4. The summed E-state index contributed by atoms with van der Waals surface area (Å²) in [4.78, 5) is 24.4. The second-order valence-electron chi connectivity index (χ2n) is 6.88. The molecule has 0 aliphatic rings. The molecule has 0 saturated carbocycles. The molecular formula is C22H19N3O4S2. The van der Waals surface area contributed by atoms with Crippen LogP contribution in [0, 0.1) is 0 Å². The number of nitrogens with one attached hydrogen (secondary N) is 2. The van der Waals surface area contributed by atoms with E-state index in [1.54, 1.807) is 31.3 Å². The predicted octanol–water partition coefficient (Wildman–Crippen LogP) is 3.33. The molecular weight excluding hydrogens is 434 g/mol. The first-order chi connectivity index (χ1) is 14.8. The third-order valence-corrected chi connectivity index (χ3v) is 7.14. The fraction of sp³-hybridized carbons (Fsp3) is 0.0909. The molecule has 4 aromatic rings. The Labute approximate surface area is 183 Å². The number of nitrogens with zero attached hydrogens (tertiary/aromatic N) is 1. The SMILES string of the molecule is Cn1c(=O)sc2cc(S(=O)(=O)Nc3ccccc3C(=O)NCc3ccccc3)ccc21. The molecule has 0 fully saturated rings. The van der Waals surface area contributed by atoms with Gasteiger partial charge in [-0.25, -0.2) is 8.42 Å². The molecule has 2 N–H and O–H groups in total. The molecule has 0 radical (unpaired) electrons. The van der Waals surface area contributed by atoms with E-state index >= 15 is 0 Å². The van der Waals surface area contributed by atoms with E-state index < -0.39 is 10.0 Å². The number of hydrogen-bond acceptors (Lipinski definition) is 5. The van der Waals surface area contributed by atoms with Crippen LogP contribution < -0.4 is 14.9 Å². The van der Waals surface area contributed by atoms with Crippen LogP contribution in [0.15, 0.2) is 82.5 Å². The molecule has 0 aliphatic heterocycles. The zero-order valence-electron chi connectivity index (χ0n) is 16.5. The molecule has 0 bridgehead atoms. The smallest absolute Gasteiger partial charge is 0.307 e. The number of carbonyl (C=O) groups excluding carboxylic acids is 1. The van der Waals surface area contributed by atoms with Crippen LogP contribution in [0.25, 0.3) is 10.2 Å². The van der Waals surface area contributed by atoms with Crippen molar-refractivity contribution in [1.82, 2.24) is 9.88 Å². The van der Waals surface area contributed by atoms with Crippen LogP contribution >= 0.6 is 11.3 Å². The number of sulfonamides is 1. The van der Waals surface area contributed by atoms with E-state index in [4.69, 9.17) is 0 Å². The van der Waals surface area contributed by atoms with Crippen molar-refractivity contribution >= 4 is 43.2 Å². The minimum absolute atomic E-state index is 0.0151. The Hall–Kier alpha value is -3.43. The van der Waals surface area contributed by atoms with Crippen LogP contribution in [0.3, 0.4) is 0 Å². The summed E-state index contributed by atoms with van der Waals surface area (Å²) in [5, 5.41) is 2.80. The van der Waals surface area contributed by atoms with Crippen LogP contribution in [-0.2, 0) is 23.6 Å². The summed E-state index contributed by atoms with van der Waals surface area (Å²) in [5.41, 5.74) is 1.99. The molecule has 0 unspecified atom stereocenters. The number of para-hydroxylation sites is 1. The first-order valence-electron chi connectivity index (χ1n) is 9.39. The molecule has 0 spiro atoms. The first-order valence-corrected chi connectivity index (χ1v) is 11.7. The van der Waals surface area contributed by atoms with Gasteiger partial charge in [-0.15, -0.1) is 0 Å². The lowest BCUT2D eigenvalue weighted by Crippen LogP contribution is -2.25. The van der Waals surface area contributed by atoms with Crippen LogP contribution in [-0.4, -0.2) is 18.9 Å². The van der Waals surface area contributed by atoms with E-state index in [0.717, 1.165) is 16.9 Å². The Balaban J connectivity index is 1.59. The van der Waals surface area contributed by atoms with Crippen molar-refractivity contribution in [3.63, 3.8) is 0 Å². The fourth-order valence-corrected chi connectivity index (χ4v) is 5.23. The highest BCUT2D eigenvalue weighted by atomic mass is 32.2. The second-order valence-corrected chi connectivity index (χ2v) is 9.55. The van der Waals surface area contributed by atoms with E-state index in [1.807, 2.05) is 30.3 Å². The Morgan fingerprint density at radius 2 is 1.71 bits per heavy atom. The Morgan fingerprint density at radius 3 is 2.48 bits per heavy atom. The van der Waals surface area contributed by atoms with Gasteiger partial charge in [-0.2, -0.15) is 0 Å². The number of benzene rings is 3. The number of thiazole rings is 1. The summed E-state index contributed by atoms with van der Waals surface area (Å²) >= 11 is 0.979. The highest BCUT2D eigenvalue weighted by Crippen LogP contribution is 2.24. The molecule has 1 heterocycles. The number of rotatable bonds is 6. The van der Waals surface area contributed by atoms with Gasteiger partial charge in [-0.05, 0) is 35.9 Å². The number of hydrogen-bond donors (Lipinski definition) is 2. The van der Waals surface area contributed by atoms with Crippen LogP contribution in [0.5, 0.6) is 0 Å². The molecule has 31 heavy (non-hydrogen) atoms. The molecule has 0 aliphatic carbocycles. The van der Waals surface area contributed by atoms with E-state index in [-0.39, 0.29) is 26.9 Å². The van der Waals surface area contributed by atoms with Gasteiger partial charge >= 0.3 is 4.87 Å². The molecule has 1 aromatic heterocycles. The Bertz CT molecular complexity index is 1420. The molecule has 3 aromatic carbocycles. The summed E-state index contributed by atoms with van der Waals surface area (Å²) < 4.78 is 30.5. The molecule has 1 amide bonds. The van der Waals surface area contributed by atoms with Crippen molar-refractivity contribution in [2.75, 3.05) is 4.72 Å². The number of aryl methyl sites for hydroxylation is 1. The number of aromatic nitrogens is 1. The highest BCUT2D eigenvalue weighted by Gasteiger charge is 2.20. The minimum atomic E-state index is -3.97. The lowest BCUT2D eigenvalue weighted by Gasteiger charge is -2.13. The van der Waals surface area contributed by atoms with E-state index in [0.29, 0.717) is 16.8 Å². The topological polar surface area (TPSA) is 97.3 Å². The van der Waals surface area contributed by atoms with Crippen molar-refractivity contribution in [3.05, 3.63) is 93.6 Å². The van der Waals surface area contributed by atoms with Gasteiger partial charge in [0, 0.05) is 13.6 Å². The quantitative estimate of drug-likeness (QED) is 0.468. The van der Waals surface area contributed by atoms with Crippen molar-refractivity contribution in [3.8, 4) is 0 Å². The molecule has 158 valence electrons. The van der Waals surface area contributed by atoms with Gasteiger partial charge in [0.05, 0.1) is 26.4 Å². The average Bonchev–Trinajstić information content (AvgIpc) is 3.06. The maximum absolute atomic E-state index is 13.0. The summed E-state index contributed by atoms with van der Waals surface area (Å²) in [6.45, 7) is 0.324. The van der Waals surface area contributed by atoms with E-state index in [2.05, 4.69) is 10.0 Å². The van der Waals surface area contributed by atoms with Crippen molar-refractivity contribution < 1.29 is 13.2 Å². The average molecular weight is 454 g/mol. The van der Waals surface area contributed by atoms with Crippen molar-refractivity contribution in [2.45, 2.75) is 11.4 Å². The summed E-state index contributed by atoms with van der Waals surface area (Å²) in [7, 11) is -2.33. The zero-order chi connectivity index (χ0) is 22.0. The van der Waals surface area contributed by atoms with E-state index in [9.17, 15) is 18.0 Å². The molecule has 7 nitrogen and oxygen atoms in total. The Kier molecular flexibility index (Phi) is 5.62. The minimum Gasteiger partial charge on any atom is -0.348 e. The summed E-state index contributed by atoms with van der Waals surface area (Å²) in [5.74, 6) is -0.390. The number of anilines is 1. The lowest BCUT2D eigenvalue weighted by molar-refractivity contribution is 0.0952. The third-order valence-electron chi connectivity index (χ3n) is 4.79. The lowest BCUT2D eigenvalue weighted by atomic mass is 10.1. The number of fused-ring (bicyclic) bond motifs is 1. The Morgan fingerprint density at radius 1 is 1.00 bits per heavy atom. The van der Waals surface area contributed by atoms with Gasteiger partial charge < -0.3 is 9.88 Å². The van der Waals surface area contributed by atoms with Gasteiger partial charge in [0.1, 0.15) is 0 Å². The molecule has 0 saturated heterocycles. The van der Waals surface area contributed by atoms with Gasteiger partial charge in [0.25, 0.3) is 15.9 Å².